The van der Waals surface area contributed by atoms with Crippen molar-refractivity contribution in [3.63, 3.8) is 0 Å². The van der Waals surface area contributed by atoms with Crippen LogP contribution in [0.25, 0.3) is 0 Å². The van der Waals surface area contributed by atoms with Crippen LogP contribution in [0.15, 0.2) is 23.1 Å². The first-order valence-corrected chi connectivity index (χ1v) is 7.45. The van der Waals surface area contributed by atoms with Crippen LogP contribution in [-0.2, 0) is 14.6 Å². The lowest BCUT2D eigenvalue weighted by atomic mass is 9.69. The maximum Gasteiger partial charge on any atom is 0.231 e. The van der Waals surface area contributed by atoms with Crippen molar-refractivity contribution in [2.75, 3.05) is 11.1 Å². The molecule has 1 aromatic rings. The highest BCUT2D eigenvalue weighted by molar-refractivity contribution is 7.91. The van der Waals surface area contributed by atoms with Crippen LogP contribution in [0.1, 0.15) is 19.3 Å². The van der Waals surface area contributed by atoms with Gasteiger partial charge in [0.25, 0.3) is 0 Å². The summed E-state index contributed by atoms with van der Waals surface area (Å²) in [7, 11) is -3.55. The number of amides is 1. The molecule has 1 fully saturated rings. The number of phenols is 1. The van der Waals surface area contributed by atoms with Gasteiger partial charge in [0.2, 0.25) is 5.91 Å². The second kappa shape index (κ2) is 3.47. The molecule has 0 radical (unpaired) electrons. The summed E-state index contributed by atoms with van der Waals surface area (Å²) in [5, 5.41) is 12.1. The summed E-state index contributed by atoms with van der Waals surface area (Å²) in [5.41, 5.74) is -0.505. The molecule has 1 heterocycles. The number of rotatable bonds is 0. The second-order valence-corrected chi connectivity index (χ2v) is 6.99. The fourth-order valence-electron chi connectivity index (χ4n) is 2.61. The quantitative estimate of drug-likeness (QED) is 0.694. The maximum absolute atomic E-state index is 12.3. The fourth-order valence-corrected chi connectivity index (χ4v) is 4.67. The number of anilines is 1. The van der Waals surface area contributed by atoms with E-state index in [-0.39, 0.29) is 28.0 Å². The van der Waals surface area contributed by atoms with E-state index >= 15 is 0 Å². The summed E-state index contributed by atoms with van der Waals surface area (Å²) in [6.07, 6.45) is 2.10. The standard InChI is InChI=1S/C12H13NO4S/c14-8-2-3-9-10(6-8)18(16,17)7-12(4-1-5-12)11(15)13-9/h2-3,6,14H,1,4-5,7H2,(H,13,15). The lowest BCUT2D eigenvalue weighted by molar-refractivity contribution is -0.128. The lowest BCUT2D eigenvalue weighted by Crippen LogP contribution is -2.45. The molecule has 3 rings (SSSR count). The van der Waals surface area contributed by atoms with E-state index in [2.05, 4.69) is 5.32 Å². The van der Waals surface area contributed by atoms with Gasteiger partial charge in [-0.3, -0.25) is 4.79 Å². The molecule has 0 unspecified atom stereocenters. The van der Waals surface area contributed by atoms with E-state index in [1.807, 2.05) is 0 Å². The van der Waals surface area contributed by atoms with Gasteiger partial charge in [-0.15, -0.1) is 0 Å². The number of phenolic OH excluding ortho intramolecular Hbond substituents is 1. The van der Waals surface area contributed by atoms with Crippen LogP contribution < -0.4 is 5.32 Å². The van der Waals surface area contributed by atoms with Gasteiger partial charge in [0.15, 0.2) is 9.84 Å². The first kappa shape index (κ1) is 11.5. The van der Waals surface area contributed by atoms with Crippen molar-refractivity contribution >= 4 is 21.4 Å². The summed E-state index contributed by atoms with van der Waals surface area (Å²) in [6.45, 7) is 0. The molecule has 1 aliphatic heterocycles. The molecule has 0 aromatic heterocycles. The highest BCUT2D eigenvalue weighted by Gasteiger charge is 2.50. The number of benzene rings is 1. The van der Waals surface area contributed by atoms with E-state index in [4.69, 9.17) is 0 Å². The largest absolute Gasteiger partial charge is 0.508 e. The molecule has 1 saturated carbocycles. The maximum atomic E-state index is 12.3. The number of sulfone groups is 1. The molecule has 2 aliphatic rings. The molecule has 1 aliphatic carbocycles. The molecule has 0 saturated heterocycles. The molecule has 0 bridgehead atoms. The Morgan fingerprint density at radius 3 is 2.61 bits per heavy atom. The van der Waals surface area contributed by atoms with E-state index in [9.17, 15) is 18.3 Å². The SMILES string of the molecule is O=C1Nc2ccc(O)cc2S(=O)(=O)CC12CCC2. The third kappa shape index (κ3) is 1.52. The predicted octanol–water partition coefficient (Wildman–Crippen LogP) is 1.29. The summed E-state index contributed by atoms with van der Waals surface area (Å²) in [6, 6.07) is 3.99. The molecule has 1 amide bonds. The van der Waals surface area contributed by atoms with E-state index < -0.39 is 15.3 Å². The molecule has 96 valence electrons. The molecular weight excluding hydrogens is 254 g/mol. The normalized spacial score (nSPS) is 23.7. The number of hydrogen-bond acceptors (Lipinski definition) is 4. The summed E-state index contributed by atoms with van der Waals surface area (Å²) >= 11 is 0. The highest BCUT2D eigenvalue weighted by atomic mass is 32.2. The van der Waals surface area contributed by atoms with E-state index in [1.54, 1.807) is 0 Å². The van der Waals surface area contributed by atoms with Crippen LogP contribution in [0.3, 0.4) is 0 Å². The van der Waals surface area contributed by atoms with Gasteiger partial charge >= 0.3 is 0 Å². The van der Waals surface area contributed by atoms with Gasteiger partial charge in [-0.25, -0.2) is 8.42 Å². The average Bonchev–Trinajstić information content (AvgIpc) is 2.33. The summed E-state index contributed by atoms with van der Waals surface area (Å²) < 4.78 is 24.6. The minimum atomic E-state index is -3.55. The number of aromatic hydroxyl groups is 1. The van der Waals surface area contributed by atoms with E-state index in [0.717, 1.165) is 6.42 Å². The minimum Gasteiger partial charge on any atom is -0.508 e. The predicted molar refractivity (Wildman–Crippen MR) is 65.1 cm³/mol. The number of carbonyl (C=O) groups is 1. The zero-order chi connectivity index (χ0) is 13.0. The van der Waals surface area contributed by atoms with Crippen molar-refractivity contribution in [2.24, 2.45) is 5.41 Å². The Balaban J connectivity index is 2.17. The molecule has 5 nitrogen and oxygen atoms in total. The summed E-state index contributed by atoms with van der Waals surface area (Å²) in [4.78, 5) is 12.1. The van der Waals surface area contributed by atoms with Crippen molar-refractivity contribution < 1.29 is 18.3 Å². The number of hydrogen-bond donors (Lipinski definition) is 2. The van der Waals surface area contributed by atoms with Crippen molar-refractivity contribution in [1.82, 2.24) is 0 Å². The van der Waals surface area contributed by atoms with Crippen molar-refractivity contribution in [3.05, 3.63) is 18.2 Å². The highest BCUT2D eigenvalue weighted by Crippen LogP contribution is 2.46. The Labute approximate surface area is 105 Å². The third-order valence-electron chi connectivity index (χ3n) is 3.81. The van der Waals surface area contributed by atoms with Crippen LogP contribution in [0, 0.1) is 5.41 Å². The number of nitrogens with one attached hydrogen (secondary N) is 1. The van der Waals surface area contributed by atoms with Gasteiger partial charge in [0.05, 0.1) is 21.8 Å². The minimum absolute atomic E-state index is 0.0135. The van der Waals surface area contributed by atoms with Gasteiger partial charge in [0, 0.05) is 6.07 Å². The van der Waals surface area contributed by atoms with Gasteiger partial charge < -0.3 is 10.4 Å². The Hall–Kier alpha value is -1.56. The van der Waals surface area contributed by atoms with Crippen molar-refractivity contribution in [1.29, 1.82) is 0 Å². The fraction of sp³-hybridized carbons (Fsp3) is 0.417. The molecule has 1 spiro atoms. The van der Waals surface area contributed by atoms with Crippen molar-refractivity contribution in [2.45, 2.75) is 24.2 Å². The zero-order valence-corrected chi connectivity index (χ0v) is 10.5. The molecule has 0 atom stereocenters. The first-order valence-electron chi connectivity index (χ1n) is 5.80. The van der Waals surface area contributed by atoms with Gasteiger partial charge in [0.1, 0.15) is 5.75 Å². The topological polar surface area (TPSA) is 83.5 Å². The van der Waals surface area contributed by atoms with Crippen LogP contribution in [0.5, 0.6) is 5.75 Å². The Bertz CT molecular complexity index is 631. The van der Waals surface area contributed by atoms with Crippen LogP contribution >= 0.6 is 0 Å². The number of carbonyl (C=O) groups excluding carboxylic acids is 1. The number of fused-ring (bicyclic) bond motifs is 1. The molecular formula is C12H13NO4S. The monoisotopic (exact) mass is 267 g/mol. The first-order chi connectivity index (χ1) is 8.43. The zero-order valence-electron chi connectivity index (χ0n) is 9.64. The van der Waals surface area contributed by atoms with Crippen LogP contribution in [-0.4, -0.2) is 25.2 Å². The second-order valence-electron chi connectivity index (χ2n) is 5.03. The average molecular weight is 267 g/mol. The Morgan fingerprint density at radius 1 is 1.28 bits per heavy atom. The van der Waals surface area contributed by atoms with E-state index in [1.165, 1.54) is 18.2 Å². The van der Waals surface area contributed by atoms with E-state index in [0.29, 0.717) is 12.8 Å². The van der Waals surface area contributed by atoms with Gasteiger partial charge in [-0.05, 0) is 25.0 Å². The van der Waals surface area contributed by atoms with Crippen molar-refractivity contribution in [3.8, 4) is 5.75 Å². The summed E-state index contributed by atoms with van der Waals surface area (Å²) in [5.74, 6) is -0.500. The van der Waals surface area contributed by atoms with Crippen LogP contribution in [0.4, 0.5) is 5.69 Å². The smallest absolute Gasteiger partial charge is 0.231 e. The molecule has 18 heavy (non-hydrogen) atoms. The third-order valence-corrected chi connectivity index (χ3v) is 5.75. The van der Waals surface area contributed by atoms with Gasteiger partial charge in [-0.1, -0.05) is 6.42 Å². The Morgan fingerprint density at radius 2 is 2.00 bits per heavy atom. The Kier molecular flexibility index (Phi) is 2.22. The van der Waals surface area contributed by atoms with Gasteiger partial charge in [-0.2, -0.15) is 0 Å². The molecule has 2 N–H and O–H groups in total. The van der Waals surface area contributed by atoms with Crippen LogP contribution in [0.2, 0.25) is 0 Å². The lowest BCUT2D eigenvalue weighted by Gasteiger charge is -2.38. The molecule has 6 heteroatoms. The molecule has 1 aromatic carbocycles.